The van der Waals surface area contributed by atoms with Gasteiger partial charge in [-0.05, 0) is 86.8 Å². The molecule has 1 amide bonds. The van der Waals surface area contributed by atoms with Crippen molar-refractivity contribution in [1.29, 1.82) is 0 Å². The first-order chi connectivity index (χ1) is 15.5. The fraction of sp³-hybridized carbons (Fsp3) is 0.346. The summed E-state index contributed by atoms with van der Waals surface area (Å²) in [5.41, 5.74) is 6.45. The number of hydrogen-bond acceptors (Lipinski definition) is 5. The van der Waals surface area contributed by atoms with Gasteiger partial charge in [0.25, 0.3) is 5.91 Å². The number of aromatic nitrogens is 2. The Kier molecular flexibility index (Phi) is 6.40. The summed E-state index contributed by atoms with van der Waals surface area (Å²) in [6, 6.07) is 15.8. The summed E-state index contributed by atoms with van der Waals surface area (Å²) in [5, 5.41) is 8.98. The van der Waals surface area contributed by atoms with Crippen LogP contribution in [0.15, 0.2) is 48.5 Å². The molecule has 0 saturated carbocycles. The molecule has 1 fully saturated rings. The van der Waals surface area contributed by atoms with Gasteiger partial charge in [0, 0.05) is 37.3 Å². The van der Waals surface area contributed by atoms with Crippen LogP contribution in [0.4, 0.5) is 5.82 Å². The lowest BCUT2D eigenvalue weighted by Crippen LogP contribution is -2.49. The molecule has 0 N–H and O–H groups in total. The average molecular weight is 431 g/mol. The molecular formula is C26H30N4O2. The molecule has 6 heteroatoms. The van der Waals surface area contributed by atoms with Gasteiger partial charge >= 0.3 is 0 Å². The van der Waals surface area contributed by atoms with Gasteiger partial charge in [0.05, 0.1) is 12.3 Å². The van der Waals surface area contributed by atoms with E-state index in [0.29, 0.717) is 25.3 Å². The van der Waals surface area contributed by atoms with Gasteiger partial charge in [-0.25, -0.2) is 0 Å². The lowest BCUT2D eigenvalue weighted by Gasteiger charge is -2.35. The van der Waals surface area contributed by atoms with Crippen molar-refractivity contribution in [2.24, 2.45) is 0 Å². The quantitative estimate of drug-likeness (QED) is 0.599. The normalized spacial score (nSPS) is 13.9. The average Bonchev–Trinajstić information content (AvgIpc) is 2.82. The van der Waals surface area contributed by atoms with E-state index in [1.54, 1.807) is 0 Å². The highest BCUT2D eigenvalue weighted by Crippen LogP contribution is 2.26. The molecule has 0 atom stereocenters. The third-order valence-corrected chi connectivity index (χ3v) is 6.07. The van der Waals surface area contributed by atoms with Crippen LogP contribution in [0.1, 0.15) is 34.0 Å². The minimum atomic E-state index is 0.0550. The van der Waals surface area contributed by atoms with Crippen LogP contribution in [0, 0.1) is 20.8 Å². The molecule has 0 spiro atoms. The summed E-state index contributed by atoms with van der Waals surface area (Å²) in [4.78, 5) is 16.9. The minimum absolute atomic E-state index is 0.0550. The number of carbonyl (C=O) groups is 1. The van der Waals surface area contributed by atoms with Gasteiger partial charge in [0.1, 0.15) is 5.75 Å². The van der Waals surface area contributed by atoms with E-state index in [-0.39, 0.29) is 5.91 Å². The second-order valence-electron chi connectivity index (χ2n) is 8.26. The van der Waals surface area contributed by atoms with Crippen LogP contribution in [-0.4, -0.2) is 53.8 Å². The number of nitrogens with zero attached hydrogens (tertiary/aromatic N) is 4. The Bertz CT molecular complexity index is 1090. The third kappa shape index (κ3) is 4.59. The number of aryl methyl sites for hydroxylation is 3. The Labute approximate surface area is 189 Å². The summed E-state index contributed by atoms with van der Waals surface area (Å²) in [6.07, 6.45) is 0. The van der Waals surface area contributed by atoms with E-state index in [4.69, 9.17) is 4.74 Å². The molecule has 4 rings (SSSR count). The van der Waals surface area contributed by atoms with Crippen molar-refractivity contribution in [2.45, 2.75) is 27.7 Å². The van der Waals surface area contributed by atoms with Crippen molar-refractivity contribution in [1.82, 2.24) is 15.1 Å². The number of piperazine rings is 1. The Morgan fingerprint density at radius 1 is 0.875 bits per heavy atom. The first-order valence-corrected chi connectivity index (χ1v) is 11.2. The number of hydrogen-bond donors (Lipinski definition) is 0. The predicted octanol–water partition coefficient (Wildman–Crippen LogP) is 4.43. The Balaban J connectivity index is 1.39. The standard InChI is InChI=1S/C26H30N4O2/c1-5-32-22-8-6-21(7-9-22)26(31)30-14-12-29(13-15-30)25-11-10-24(27-28-25)23-17-19(3)18(2)16-20(23)4/h6-11,16-17H,5,12-15H2,1-4H3. The van der Waals surface area contributed by atoms with Gasteiger partial charge in [-0.1, -0.05) is 6.07 Å². The molecule has 3 aromatic rings. The highest BCUT2D eigenvalue weighted by Gasteiger charge is 2.23. The molecule has 1 saturated heterocycles. The van der Waals surface area contributed by atoms with E-state index in [2.05, 4.69) is 48.0 Å². The van der Waals surface area contributed by atoms with Crippen molar-refractivity contribution in [3.8, 4) is 17.0 Å². The van der Waals surface area contributed by atoms with Crippen molar-refractivity contribution >= 4 is 11.7 Å². The van der Waals surface area contributed by atoms with Crippen LogP contribution >= 0.6 is 0 Å². The molecule has 1 aliphatic rings. The molecule has 0 unspecified atom stereocenters. The number of ether oxygens (including phenoxy) is 1. The number of rotatable bonds is 5. The Morgan fingerprint density at radius 2 is 1.56 bits per heavy atom. The van der Waals surface area contributed by atoms with Crippen molar-refractivity contribution in [3.05, 3.63) is 70.8 Å². The van der Waals surface area contributed by atoms with Gasteiger partial charge in [-0.3, -0.25) is 4.79 Å². The first-order valence-electron chi connectivity index (χ1n) is 11.2. The molecule has 1 aliphatic heterocycles. The molecule has 166 valence electrons. The second kappa shape index (κ2) is 9.39. The lowest BCUT2D eigenvalue weighted by molar-refractivity contribution is 0.0746. The highest BCUT2D eigenvalue weighted by molar-refractivity contribution is 5.94. The van der Waals surface area contributed by atoms with E-state index in [0.717, 1.165) is 35.9 Å². The maximum absolute atomic E-state index is 12.8. The third-order valence-electron chi connectivity index (χ3n) is 6.07. The summed E-state index contributed by atoms with van der Waals surface area (Å²) in [5.74, 6) is 1.69. The molecule has 2 heterocycles. The molecule has 0 radical (unpaired) electrons. The van der Waals surface area contributed by atoms with Gasteiger partial charge < -0.3 is 14.5 Å². The molecule has 1 aromatic heterocycles. The zero-order valence-electron chi connectivity index (χ0n) is 19.3. The molecule has 6 nitrogen and oxygen atoms in total. The van der Waals surface area contributed by atoms with E-state index >= 15 is 0 Å². The zero-order valence-corrected chi connectivity index (χ0v) is 19.3. The van der Waals surface area contributed by atoms with Gasteiger partial charge in [-0.2, -0.15) is 0 Å². The fourth-order valence-electron chi connectivity index (χ4n) is 4.06. The van der Waals surface area contributed by atoms with Crippen LogP contribution in [0.3, 0.4) is 0 Å². The van der Waals surface area contributed by atoms with Crippen LogP contribution < -0.4 is 9.64 Å². The molecular weight excluding hydrogens is 400 g/mol. The highest BCUT2D eigenvalue weighted by atomic mass is 16.5. The topological polar surface area (TPSA) is 58.6 Å². The SMILES string of the molecule is CCOc1ccc(C(=O)N2CCN(c3ccc(-c4cc(C)c(C)cc4C)nn3)CC2)cc1. The summed E-state index contributed by atoms with van der Waals surface area (Å²) < 4.78 is 5.46. The monoisotopic (exact) mass is 430 g/mol. The number of benzene rings is 2. The summed E-state index contributed by atoms with van der Waals surface area (Å²) in [7, 11) is 0. The summed E-state index contributed by atoms with van der Waals surface area (Å²) >= 11 is 0. The number of anilines is 1. The fourth-order valence-corrected chi connectivity index (χ4v) is 4.06. The zero-order chi connectivity index (χ0) is 22.7. The van der Waals surface area contributed by atoms with Gasteiger partial charge in [-0.15, -0.1) is 10.2 Å². The summed E-state index contributed by atoms with van der Waals surface area (Å²) in [6.45, 7) is 11.7. The lowest BCUT2D eigenvalue weighted by atomic mass is 9.99. The smallest absolute Gasteiger partial charge is 0.253 e. The van der Waals surface area contributed by atoms with E-state index in [1.165, 1.54) is 16.7 Å². The van der Waals surface area contributed by atoms with Crippen LogP contribution in [0.5, 0.6) is 5.75 Å². The first kappa shape index (κ1) is 21.8. The maximum Gasteiger partial charge on any atom is 0.253 e. The maximum atomic E-state index is 12.8. The van der Waals surface area contributed by atoms with E-state index in [1.807, 2.05) is 48.2 Å². The predicted molar refractivity (Wildman–Crippen MR) is 127 cm³/mol. The number of amides is 1. The van der Waals surface area contributed by atoms with E-state index in [9.17, 15) is 4.79 Å². The molecule has 0 aliphatic carbocycles. The van der Waals surface area contributed by atoms with Crippen molar-refractivity contribution in [3.63, 3.8) is 0 Å². The van der Waals surface area contributed by atoms with Crippen molar-refractivity contribution in [2.75, 3.05) is 37.7 Å². The largest absolute Gasteiger partial charge is 0.494 e. The van der Waals surface area contributed by atoms with E-state index < -0.39 is 0 Å². The Hall–Kier alpha value is -3.41. The van der Waals surface area contributed by atoms with Crippen LogP contribution in [0.25, 0.3) is 11.3 Å². The minimum Gasteiger partial charge on any atom is -0.494 e. The van der Waals surface area contributed by atoms with Gasteiger partial charge in [0.15, 0.2) is 5.82 Å². The van der Waals surface area contributed by atoms with Crippen LogP contribution in [0.2, 0.25) is 0 Å². The number of carbonyl (C=O) groups excluding carboxylic acids is 1. The van der Waals surface area contributed by atoms with Gasteiger partial charge in [0.2, 0.25) is 0 Å². The van der Waals surface area contributed by atoms with Crippen LogP contribution in [-0.2, 0) is 0 Å². The molecule has 2 aromatic carbocycles. The van der Waals surface area contributed by atoms with Crippen molar-refractivity contribution < 1.29 is 9.53 Å². The molecule has 32 heavy (non-hydrogen) atoms. The molecule has 0 bridgehead atoms. The second-order valence-corrected chi connectivity index (χ2v) is 8.26. The Morgan fingerprint density at radius 3 is 2.19 bits per heavy atom.